The summed E-state index contributed by atoms with van der Waals surface area (Å²) in [5, 5.41) is 5.10. The standard InChI is InChI=1S/C21H27F2N3/c1-3-4-26-20-18(12(2)25-26)16(19(22)23)8-17(24-20)21-9-13-5-14(10-21)7-15(6-13)11-21/h8,13-15,19H,3-7,9-11H2,1-2H3. The number of fused-ring (bicyclic) bond motifs is 1. The smallest absolute Gasteiger partial charge is 0.247 e. The summed E-state index contributed by atoms with van der Waals surface area (Å²) in [6, 6.07) is 1.74. The number of pyridine rings is 1. The summed E-state index contributed by atoms with van der Waals surface area (Å²) in [7, 11) is 0. The molecule has 4 aliphatic rings. The number of halogens is 2. The summed E-state index contributed by atoms with van der Waals surface area (Å²) in [4.78, 5) is 5.01. The first-order chi connectivity index (χ1) is 12.5. The fraction of sp³-hybridized carbons (Fsp3) is 0.714. The molecule has 0 N–H and O–H groups in total. The first-order valence-electron chi connectivity index (χ1n) is 10.2. The third kappa shape index (κ3) is 2.35. The van der Waals surface area contributed by atoms with Gasteiger partial charge in [0.25, 0.3) is 6.43 Å². The Morgan fingerprint density at radius 2 is 1.77 bits per heavy atom. The lowest BCUT2D eigenvalue weighted by Crippen LogP contribution is -2.49. The molecule has 0 saturated heterocycles. The van der Waals surface area contributed by atoms with Gasteiger partial charge in [-0.1, -0.05) is 6.92 Å². The zero-order chi connectivity index (χ0) is 18.1. The van der Waals surface area contributed by atoms with E-state index in [-0.39, 0.29) is 11.0 Å². The quantitative estimate of drug-likeness (QED) is 0.716. The van der Waals surface area contributed by atoms with E-state index in [9.17, 15) is 8.78 Å². The SMILES string of the molecule is CCCn1nc(C)c2c(C(F)F)cc(C34CC5CC(CC(C5)C3)C4)nc21. The number of hydrogen-bond acceptors (Lipinski definition) is 2. The van der Waals surface area contributed by atoms with Crippen LogP contribution < -0.4 is 0 Å². The van der Waals surface area contributed by atoms with E-state index in [4.69, 9.17) is 4.98 Å². The summed E-state index contributed by atoms with van der Waals surface area (Å²) < 4.78 is 29.8. The molecule has 3 nitrogen and oxygen atoms in total. The van der Waals surface area contributed by atoms with Crippen LogP contribution in [-0.4, -0.2) is 14.8 Å². The second-order valence-electron chi connectivity index (χ2n) is 9.10. The number of nitrogens with zero attached hydrogens (tertiary/aromatic N) is 3. The lowest BCUT2D eigenvalue weighted by molar-refractivity contribution is -0.00722. The molecular formula is C21H27F2N3. The van der Waals surface area contributed by atoms with Crippen LogP contribution in [0.15, 0.2) is 6.07 Å². The predicted molar refractivity (Wildman–Crippen MR) is 97.4 cm³/mol. The van der Waals surface area contributed by atoms with Gasteiger partial charge in [-0.25, -0.2) is 18.4 Å². The van der Waals surface area contributed by atoms with Gasteiger partial charge in [-0.15, -0.1) is 0 Å². The molecule has 0 spiro atoms. The summed E-state index contributed by atoms with van der Waals surface area (Å²) in [6.07, 6.45) is 5.89. The lowest BCUT2D eigenvalue weighted by atomic mass is 9.48. The van der Waals surface area contributed by atoms with Crippen molar-refractivity contribution in [1.29, 1.82) is 0 Å². The molecule has 26 heavy (non-hydrogen) atoms. The minimum atomic E-state index is -2.48. The molecule has 4 aliphatic carbocycles. The van der Waals surface area contributed by atoms with Gasteiger partial charge in [0.1, 0.15) is 0 Å². The molecule has 4 saturated carbocycles. The van der Waals surface area contributed by atoms with E-state index in [1.54, 1.807) is 6.07 Å². The van der Waals surface area contributed by atoms with Crippen molar-refractivity contribution in [3.63, 3.8) is 0 Å². The Kier molecular flexibility index (Phi) is 3.67. The maximum Gasteiger partial charge on any atom is 0.264 e. The van der Waals surface area contributed by atoms with Crippen molar-refractivity contribution in [1.82, 2.24) is 14.8 Å². The van der Waals surface area contributed by atoms with Crippen LogP contribution >= 0.6 is 0 Å². The molecule has 0 unspecified atom stereocenters. The fourth-order valence-electron chi connectivity index (χ4n) is 6.62. The van der Waals surface area contributed by atoms with Crippen molar-refractivity contribution in [2.24, 2.45) is 17.8 Å². The number of hydrogen-bond donors (Lipinski definition) is 0. The van der Waals surface area contributed by atoms with Gasteiger partial charge in [0.15, 0.2) is 5.65 Å². The highest BCUT2D eigenvalue weighted by Gasteiger charge is 2.52. The Bertz CT molecular complexity index is 819. The van der Waals surface area contributed by atoms with E-state index in [2.05, 4.69) is 12.0 Å². The van der Waals surface area contributed by atoms with Crippen LogP contribution in [0.1, 0.15) is 75.2 Å². The van der Waals surface area contributed by atoms with Gasteiger partial charge in [0, 0.05) is 23.2 Å². The van der Waals surface area contributed by atoms with Crippen molar-refractivity contribution in [2.45, 2.75) is 77.2 Å². The zero-order valence-corrected chi connectivity index (χ0v) is 15.6. The molecule has 0 aromatic carbocycles. The molecule has 4 fully saturated rings. The Balaban J connectivity index is 1.70. The van der Waals surface area contributed by atoms with E-state index in [0.29, 0.717) is 16.7 Å². The molecular weight excluding hydrogens is 332 g/mol. The number of rotatable bonds is 4. The van der Waals surface area contributed by atoms with Crippen LogP contribution in [0, 0.1) is 24.7 Å². The summed E-state index contributed by atoms with van der Waals surface area (Å²) in [5.41, 5.74) is 2.44. The van der Waals surface area contributed by atoms with Gasteiger partial charge in [0.2, 0.25) is 0 Å². The minimum Gasteiger partial charge on any atom is -0.247 e. The topological polar surface area (TPSA) is 30.7 Å². The number of aryl methyl sites for hydroxylation is 2. The van der Waals surface area contributed by atoms with Crippen LogP contribution in [0.25, 0.3) is 11.0 Å². The van der Waals surface area contributed by atoms with Crippen LogP contribution in [0.2, 0.25) is 0 Å². The van der Waals surface area contributed by atoms with Crippen molar-refractivity contribution in [3.8, 4) is 0 Å². The average molecular weight is 359 g/mol. The first-order valence-corrected chi connectivity index (χ1v) is 10.2. The van der Waals surface area contributed by atoms with Gasteiger partial charge >= 0.3 is 0 Å². The van der Waals surface area contributed by atoms with E-state index in [1.807, 2.05) is 11.6 Å². The Labute approximate surface area is 153 Å². The number of alkyl halides is 2. The molecule has 140 valence electrons. The van der Waals surface area contributed by atoms with Crippen molar-refractivity contribution in [3.05, 3.63) is 23.0 Å². The first kappa shape index (κ1) is 16.6. The monoisotopic (exact) mass is 359 g/mol. The molecule has 5 heteroatoms. The summed E-state index contributed by atoms with van der Waals surface area (Å²) >= 11 is 0. The van der Waals surface area contributed by atoms with Crippen molar-refractivity contribution >= 4 is 11.0 Å². The van der Waals surface area contributed by atoms with Crippen LogP contribution in [0.4, 0.5) is 8.78 Å². The maximum atomic E-state index is 14.0. The molecule has 6 rings (SSSR count). The number of aromatic nitrogens is 3. The lowest BCUT2D eigenvalue weighted by Gasteiger charge is -2.56. The highest BCUT2D eigenvalue weighted by atomic mass is 19.3. The molecule has 0 aliphatic heterocycles. The summed E-state index contributed by atoms with van der Waals surface area (Å²) in [6.45, 7) is 4.64. The fourth-order valence-corrected chi connectivity index (χ4v) is 6.62. The highest BCUT2D eigenvalue weighted by molar-refractivity contribution is 5.83. The van der Waals surface area contributed by atoms with Crippen molar-refractivity contribution in [2.75, 3.05) is 0 Å². The zero-order valence-electron chi connectivity index (χ0n) is 15.6. The second-order valence-corrected chi connectivity index (χ2v) is 9.10. The van der Waals surface area contributed by atoms with Crippen molar-refractivity contribution < 1.29 is 8.78 Å². The molecule has 0 radical (unpaired) electrons. The third-order valence-electron chi connectivity index (χ3n) is 7.16. The molecule has 4 bridgehead atoms. The average Bonchev–Trinajstić information content (AvgIpc) is 2.89. The van der Waals surface area contributed by atoms with Crippen LogP contribution in [0.5, 0.6) is 0 Å². The molecule has 2 aromatic rings. The van der Waals surface area contributed by atoms with Gasteiger partial charge in [-0.05, 0) is 75.7 Å². The Morgan fingerprint density at radius 1 is 1.15 bits per heavy atom. The van der Waals surface area contributed by atoms with Gasteiger partial charge in [-0.2, -0.15) is 5.10 Å². The second kappa shape index (κ2) is 5.74. The molecule has 2 aromatic heterocycles. The van der Waals surface area contributed by atoms with E-state index in [1.165, 1.54) is 19.3 Å². The maximum absolute atomic E-state index is 14.0. The normalized spacial score (nSPS) is 32.9. The van der Waals surface area contributed by atoms with Gasteiger partial charge in [-0.3, -0.25) is 0 Å². The van der Waals surface area contributed by atoms with Gasteiger partial charge in [0.05, 0.1) is 11.1 Å². The Hall–Kier alpha value is -1.52. The van der Waals surface area contributed by atoms with Gasteiger partial charge < -0.3 is 0 Å². The van der Waals surface area contributed by atoms with E-state index in [0.717, 1.165) is 55.7 Å². The minimum absolute atomic E-state index is 0.0296. The van der Waals surface area contributed by atoms with E-state index < -0.39 is 6.43 Å². The molecule has 2 heterocycles. The highest BCUT2D eigenvalue weighted by Crippen LogP contribution is 2.60. The largest absolute Gasteiger partial charge is 0.264 e. The Morgan fingerprint density at radius 3 is 2.31 bits per heavy atom. The molecule has 0 atom stereocenters. The third-order valence-corrected chi connectivity index (χ3v) is 7.16. The molecule has 0 amide bonds. The van der Waals surface area contributed by atoms with Crippen LogP contribution in [0.3, 0.4) is 0 Å². The van der Waals surface area contributed by atoms with E-state index >= 15 is 0 Å². The summed E-state index contributed by atoms with van der Waals surface area (Å²) in [5.74, 6) is 2.32. The predicted octanol–water partition coefficient (Wildman–Crippen LogP) is 5.56. The van der Waals surface area contributed by atoms with Crippen LogP contribution in [-0.2, 0) is 12.0 Å².